The van der Waals surface area contributed by atoms with Crippen molar-refractivity contribution in [2.45, 2.75) is 6.54 Å². The molecule has 17 heavy (non-hydrogen) atoms. The van der Waals surface area contributed by atoms with E-state index in [4.69, 9.17) is 0 Å². The topological polar surface area (TPSA) is 80.3 Å². The number of thiophene rings is 1. The number of hydrogen-bond donors (Lipinski definition) is 1. The molecule has 98 valence electrons. The summed E-state index contributed by atoms with van der Waals surface area (Å²) < 4.78 is 47.9. The van der Waals surface area contributed by atoms with Crippen LogP contribution < -0.4 is 4.72 Å². The van der Waals surface area contributed by atoms with Gasteiger partial charge < -0.3 is 0 Å². The fourth-order valence-corrected chi connectivity index (χ4v) is 5.08. The summed E-state index contributed by atoms with van der Waals surface area (Å²) in [5, 5.41) is 0. The maximum Gasteiger partial charge on any atom is 0.212 e. The first kappa shape index (κ1) is 15.1. The van der Waals surface area contributed by atoms with Gasteiger partial charge in [-0.05, 0) is 28.1 Å². The Morgan fingerprint density at radius 3 is 2.35 bits per heavy atom. The third-order valence-electron chi connectivity index (χ3n) is 1.82. The van der Waals surface area contributed by atoms with Crippen LogP contribution in [0.2, 0.25) is 0 Å². The second-order valence-corrected chi connectivity index (χ2v) is 10.2. The van der Waals surface area contributed by atoms with E-state index in [0.717, 1.165) is 14.9 Å². The predicted octanol–water partition coefficient (Wildman–Crippen LogP) is 0.975. The Morgan fingerprint density at radius 1 is 1.24 bits per heavy atom. The van der Waals surface area contributed by atoms with Crippen LogP contribution in [-0.2, 0) is 26.4 Å². The minimum atomic E-state index is -3.54. The molecule has 0 aliphatic rings. The van der Waals surface area contributed by atoms with Gasteiger partial charge in [0.15, 0.2) is 0 Å². The number of halogens is 1. The van der Waals surface area contributed by atoms with E-state index in [1.54, 1.807) is 6.07 Å². The van der Waals surface area contributed by atoms with Crippen LogP contribution in [0.1, 0.15) is 4.88 Å². The van der Waals surface area contributed by atoms with E-state index in [9.17, 15) is 16.8 Å². The SMILES string of the molecule is CS(=O)(=O)CCS(=O)(=O)NCc1ccc(Br)s1. The third kappa shape index (κ3) is 6.51. The molecule has 1 aromatic heterocycles. The third-order valence-corrected chi connectivity index (χ3v) is 5.97. The molecular weight excluding hydrogens is 350 g/mol. The Hall–Kier alpha value is 0.0400. The average Bonchev–Trinajstić information content (AvgIpc) is 2.58. The fraction of sp³-hybridized carbons (Fsp3) is 0.500. The van der Waals surface area contributed by atoms with Crippen LogP contribution in [0.25, 0.3) is 0 Å². The summed E-state index contributed by atoms with van der Waals surface area (Å²) in [7, 11) is -6.80. The molecule has 0 aromatic carbocycles. The first-order chi connectivity index (χ1) is 7.68. The molecule has 0 atom stereocenters. The van der Waals surface area contributed by atoms with Gasteiger partial charge in [0.2, 0.25) is 10.0 Å². The number of sulfone groups is 1. The summed E-state index contributed by atoms with van der Waals surface area (Å²) in [5.74, 6) is -0.769. The van der Waals surface area contributed by atoms with Crippen molar-refractivity contribution >= 4 is 47.1 Å². The van der Waals surface area contributed by atoms with E-state index >= 15 is 0 Å². The van der Waals surface area contributed by atoms with Gasteiger partial charge in [-0.3, -0.25) is 0 Å². The predicted molar refractivity (Wildman–Crippen MR) is 72.4 cm³/mol. The zero-order valence-electron chi connectivity index (χ0n) is 9.01. The zero-order valence-corrected chi connectivity index (χ0v) is 13.0. The molecule has 0 aliphatic carbocycles. The normalized spacial score (nSPS) is 12.8. The van der Waals surface area contributed by atoms with Gasteiger partial charge in [-0.1, -0.05) is 0 Å². The highest BCUT2D eigenvalue weighted by Gasteiger charge is 2.14. The lowest BCUT2D eigenvalue weighted by Gasteiger charge is -2.04. The van der Waals surface area contributed by atoms with Crippen molar-refractivity contribution in [2.75, 3.05) is 17.8 Å². The van der Waals surface area contributed by atoms with E-state index in [1.165, 1.54) is 11.3 Å². The van der Waals surface area contributed by atoms with E-state index in [2.05, 4.69) is 20.7 Å². The Balaban J connectivity index is 2.50. The minimum Gasteiger partial charge on any atom is -0.229 e. The highest BCUT2D eigenvalue weighted by molar-refractivity contribution is 9.11. The Morgan fingerprint density at radius 2 is 1.88 bits per heavy atom. The molecule has 0 unspecified atom stereocenters. The molecule has 1 N–H and O–H groups in total. The van der Waals surface area contributed by atoms with Crippen molar-refractivity contribution < 1.29 is 16.8 Å². The lowest BCUT2D eigenvalue weighted by atomic mass is 10.5. The Labute approximate surface area is 113 Å². The molecule has 0 spiro atoms. The molecule has 0 aliphatic heterocycles. The first-order valence-electron chi connectivity index (χ1n) is 4.57. The lowest BCUT2D eigenvalue weighted by molar-refractivity contribution is 0.579. The second-order valence-electron chi connectivity index (χ2n) is 3.48. The van der Waals surface area contributed by atoms with E-state index in [0.29, 0.717) is 0 Å². The van der Waals surface area contributed by atoms with Crippen molar-refractivity contribution in [3.8, 4) is 0 Å². The number of hydrogen-bond acceptors (Lipinski definition) is 5. The highest BCUT2D eigenvalue weighted by Crippen LogP contribution is 2.21. The maximum absolute atomic E-state index is 11.5. The molecule has 9 heteroatoms. The summed E-state index contributed by atoms with van der Waals surface area (Å²) >= 11 is 4.69. The lowest BCUT2D eigenvalue weighted by Crippen LogP contribution is -2.28. The molecule has 1 aromatic rings. The van der Waals surface area contributed by atoms with Gasteiger partial charge in [0.1, 0.15) is 9.84 Å². The van der Waals surface area contributed by atoms with Crippen molar-refractivity contribution in [3.63, 3.8) is 0 Å². The monoisotopic (exact) mass is 361 g/mol. The fourth-order valence-electron chi connectivity index (χ4n) is 0.961. The van der Waals surface area contributed by atoms with Crippen molar-refractivity contribution in [1.29, 1.82) is 0 Å². The molecule has 1 heterocycles. The quantitative estimate of drug-likeness (QED) is 0.818. The molecule has 1 rings (SSSR count). The smallest absolute Gasteiger partial charge is 0.212 e. The Kier molecular flexibility index (Phi) is 5.14. The van der Waals surface area contributed by atoms with Gasteiger partial charge in [0.25, 0.3) is 0 Å². The second kappa shape index (κ2) is 5.79. The standard InChI is InChI=1S/C8H12BrNO4S3/c1-16(11,12)4-5-17(13,14)10-6-7-2-3-8(9)15-7/h2-3,10H,4-6H2,1H3. The van der Waals surface area contributed by atoms with Gasteiger partial charge in [-0.15, -0.1) is 11.3 Å². The van der Waals surface area contributed by atoms with Crippen LogP contribution in [0.4, 0.5) is 0 Å². The summed E-state index contributed by atoms with van der Waals surface area (Å²) in [6, 6.07) is 3.62. The number of nitrogens with one attached hydrogen (secondary N) is 1. The van der Waals surface area contributed by atoms with Crippen LogP contribution >= 0.6 is 27.3 Å². The summed E-state index contributed by atoms with van der Waals surface area (Å²) in [6.45, 7) is 0.183. The van der Waals surface area contributed by atoms with Gasteiger partial charge in [-0.25, -0.2) is 21.6 Å². The minimum absolute atomic E-state index is 0.183. The molecule has 5 nitrogen and oxygen atoms in total. The van der Waals surface area contributed by atoms with E-state index in [1.807, 2.05) is 6.07 Å². The Bertz CT molecular complexity index is 576. The van der Waals surface area contributed by atoms with Crippen LogP contribution in [0.15, 0.2) is 15.9 Å². The van der Waals surface area contributed by atoms with Crippen LogP contribution in [0.5, 0.6) is 0 Å². The summed E-state index contributed by atoms with van der Waals surface area (Å²) in [4.78, 5) is 0.861. The van der Waals surface area contributed by atoms with Gasteiger partial charge in [0.05, 0.1) is 15.3 Å². The van der Waals surface area contributed by atoms with Gasteiger partial charge >= 0.3 is 0 Å². The molecule has 0 saturated heterocycles. The summed E-state index contributed by atoms with van der Waals surface area (Å²) in [6.07, 6.45) is 1.01. The average molecular weight is 362 g/mol. The number of sulfonamides is 1. The van der Waals surface area contributed by atoms with Crippen molar-refractivity contribution in [1.82, 2.24) is 4.72 Å². The molecule has 0 fully saturated rings. The van der Waals surface area contributed by atoms with Crippen molar-refractivity contribution in [3.05, 3.63) is 20.8 Å². The first-order valence-corrected chi connectivity index (χ1v) is 9.89. The maximum atomic E-state index is 11.5. The van der Waals surface area contributed by atoms with E-state index < -0.39 is 25.6 Å². The zero-order chi connectivity index (χ0) is 13.1. The van der Waals surface area contributed by atoms with E-state index in [-0.39, 0.29) is 12.3 Å². The molecule has 0 amide bonds. The van der Waals surface area contributed by atoms with Crippen molar-refractivity contribution in [2.24, 2.45) is 0 Å². The molecule has 0 radical (unpaired) electrons. The molecule has 0 saturated carbocycles. The molecular formula is C8H12BrNO4S3. The molecule has 0 bridgehead atoms. The number of rotatable bonds is 6. The van der Waals surface area contributed by atoms with Crippen LogP contribution in [0, 0.1) is 0 Å². The van der Waals surface area contributed by atoms with Gasteiger partial charge in [0, 0.05) is 17.7 Å². The largest absolute Gasteiger partial charge is 0.229 e. The highest BCUT2D eigenvalue weighted by atomic mass is 79.9. The van der Waals surface area contributed by atoms with Crippen LogP contribution in [0.3, 0.4) is 0 Å². The summed E-state index contributed by atoms with van der Waals surface area (Å²) in [5.41, 5.74) is 0. The van der Waals surface area contributed by atoms with Gasteiger partial charge in [-0.2, -0.15) is 0 Å². The van der Waals surface area contributed by atoms with Crippen LogP contribution in [-0.4, -0.2) is 34.6 Å².